The number of aryl methyl sites for hydroxylation is 1. The van der Waals surface area contributed by atoms with E-state index in [1.54, 1.807) is 13.0 Å². The smallest absolute Gasteiger partial charge is 0.321 e. The van der Waals surface area contributed by atoms with Gasteiger partial charge in [0.2, 0.25) is 0 Å². The van der Waals surface area contributed by atoms with Crippen LogP contribution in [0.2, 0.25) is 5.02 Å². The number of hydrogen-bond donors (Lipinski definition) is 2. The highest BCUT2D eigenvalue weighted by Gasteiger charge is 2.30. The topological polar surface area (TPSA) is 58.2 Å². The first-order chi connectivity index (χ1) is 14.0. The van der Waals surface area contributed by atoms with Gasteiger partial charge in [-0.1, -0.05) is 17.7 Å². The van der Waals surface area contributed by atoms with Crippen molar-refractivity contribution < 1.29 is 27.2 Å². The van der Waals surface area contributed by atoms with Crippen molar-refractivity contribution in [3.63, 3.8) is 0 Å². The zero-order valence-electron chi connectivity index (χ0n) is 15.2. The summed E-state index contributed by atoms with van der Waals surface area (Å²) in [6.45, 7) is 1.62. The lowest BCUT2D eigenvalue weighted by Gasteiger charge is -2.09. The summed E-state index contributed by atoms with van der Waals surface area (Å²) in [6.07, 6.45) is -4.53. The molecule has 4 nitrogen and oxygen atoms in total. The third-order valence-electron chi connectivity index (χ3n) is 3.98. The standard InChI is InChI=1S/C20H13ClF4N2O2S/c1-10-7-16(27-18(28)14-6-5-12(22)9-15(14)21)30-17(10)19(29)26-13-4-2-3-11(8-13)20(23,24)25/h2-9H,1H3,(H,26,29)(H,27,28). The maximum absolute atomic E-state index is 13.1. The van der Waals surface area contributed by atoms with Crippen molar-refractivity contribution in [2.24, 2.45) is 0 Å². The van der Waals surface area contributed by atoms with E-state index in [-0.39, 0.29) is 21.2 Å². The van der Waals surface area contributed by atoms with Crippen LogP contribution in [0.15, 0.2) is 48.5 Å². The number of carbonyl (C=O) groups excluding carboxylic acids is 2. The Morgan fingerprint density at radius 3 is 2.40 bits per heavy atom. The molecule has 3 rings (SSSR count). The molecular weight excluding hydrogens is 444 g/mol. The molecule has 0 aliphatic carbocycles. The lowest BCUT2D eigenvalue weighted by Crippen LogP contribution is -2.13. The first-order valence-corrected chi connectivity index (χ1v) is 9.59. The zero-order chi connectivity index (χ0) is 22.1. The van der Waals surface area contributed by atoms with E-state index in [4.69, 9.17) is 11.6 Å². The molecule has 0 saturated heterocycles. The van der Waals surface area contributed by atoms with E-state index in [2.05, 4.69) is 10.6 Å². The molecule has 10 heteroatoms. The third kappa shape index (κ3) is 4.98. The zero-order valence-corrected chi connectivity index (χ0v) is 16.8. The van der Waals surface area contributed by atoms with Crippen LogP contribution in [0.1, 0.15) is 31.2 Å². The van der Waals surface area contributed by atoms with Crippen LogP contribution in [0.5, 0.6) is 0 Å². The molecule has 0 unspecified atom stereocenters. The highest BCUT2D eigenvalue weighted by atomic mass is 35.5. The molecule has 0 atom stereocenters. The van der Waals surface area contributed by atoms with Crippen molar-refractivity contribution in [3.05, 3.63) is 80.9 Å². The van der Waals surface area contributed by atoms with Crippen LogP contribution in [0, 0.1) is 12.7 Å². The lowest BCUT2D eigenvalue weighted by molar-refractivity contribution is -0.137. The number of thiophene rings is 1. The molecule has 1 heterocycles. The predicted molar refractivity (Wildman–Crippen MR) is 108 cm³/mol. The summed E-state index contributed by atoms with van der Waals surface area (Å²) in [5, 5.41) is 5.25. The molecule has 2 aromatic carbocycles. The Balaban J connectivity index is 1.76. The Hall–Kier alpha value is -2.91. The Morgan fingerprint density at radius 2 is 1.73 bits per heavy atom. The number of hydrogen-bond acceptors (Lipinski definition) is 3. The van der Waals surface area contributed by atoms with Gasteiger partial charge in [0.25, 0.3) is 11.8 Å². The number of amides is 2. The fourth-order valence-electron chi connectivity index (χ4n) is 2.58. The summed E-state index contributed by atoms with van der Waals surface area (Å²) in [5.74, 6) is -1.79. The second-order valence-corrected chi connectivity index (χ2v) is 7.69. The summed E-state index contributed by atoms with van der Waals surface area (Å²) >= 11 is 6.82. The van der Waals surface area contributed by atoms with Gasteiger partial charge in [-0.2, -0.15) is 13.2 Å². The van der Waals surface area contributed by atoms with E-state index in [9.17, 15) is 27.2 Å². The van der Waals surface area contributed by atoms with E-state index < -0.39 is 29.4 Å². The summed E-state index contributed by atoms with van der Waals surface area (Å²) < 4.78 is 51.6. The van der Waals surface area contributed by atoms with E-state index in [1.165, 1.54) is 18.2 Å². The van der Waals surface area contributed by atoms with Crippen LogP contribution in [-0.4, -0.2) is 11.8 Å². The van der Waals surface area contributed by atoms with Gasteiger partial charge in [-0.25, -0.2) is 4.39 Å². The molecule has 156 valence electrons. The number of carbonyl (C=O) groups is 2. The SMILES string of the molecule is Cc1cc(NC(=O)c2ccc(F)cc2Cl)sc1C(=O)Nc1cccc(C(F)(F)F)c1. The monoisotopic (exact) mass is 456 g/mol. The van der Waals surface area contributed by atoms with Crippen molar-refractivity contribution in [1.29, 1.82) is 0 Å². The summed E-state index contributed by atoms with van der Waals surface area (Å²) in [4.78, 5) is 25.1. The normalized spacial score (nSPS) is 11.3. The second kappa shape index (κ2) is 8.45. The van der Waals surface area contributed by atoms with Gasteiger partial charge in [-0.05, 0) is 55.0 Å². The fourth-order valence-corrected chi connectivity index (χ4v) is 3.80. The third-order valence-corrected chi connectivity index (χ3v) is 5.45. The first-order valence-electron chi connectivity index (χ1n) is 8.40. The van der Waals surface area contributed by atoms with Crippen molar-refractivity contribution in [3.8, 4) is 0 Å². The molecule has 0 bridgehead atoms. The number of rotatable bonds is 4. The highest BCUT2D eigenvalue weighted by Crippen LogP contribution is 2.32. The maximum atomic E-state index is 13.1. The van der Waals surface area contributed by atoms with Gasteiger partial charge in [0.15, 0.2) is 0 Å². The summed E-state index contributed by atoms with van der Waals surface area (Å²) in [6, 6.07) is 9.14. The van der Waals surface area contributed by atoms with Crippen molar-refractivity contribution in [1.82, 2.24) is 0 Å². The van der Waals surface area contributed by atoms with Crippen LogP contribution < -0.4 is 10.6 Å². The first kappa shape index (κ1) is 21.8. The molecular formula is C20H13ClF4N2O2S. The second-order valence-electron chi connectivity index (χ2n) is 6.23. The number of benzene rings is 2. The molecule has 1 aromatic heterocycles. The predicted octanol–water partition coefficient (Wildman–Crippen LogP) is 6.37. The molecule has 3 aromatic rings. The Kier molecular flexibility index (Phi) is 6.14. The lowest BCUT2D eigenvalue weighted by atomic mass is 10.2. The van der Waals surface area contributed by atoms with E-state index >= 15 is 0 Å². The molecule has 2 amide bonds. The van der Waals surface area contributed by atoms with Gasteiger partial charge in [0.05, 0.1) is 26.0 Å². The van der Waals surface area contributed by atoms with Crippen molar-refractivity contribution >= 4 is 45.4 Å². The van der Waals surface area contributed by atoms with Crippen molar-refractivity contribution in [2.75, 3.05) is 10.6 Å². The van der Waals surface area contributed by atoms with Gasteiger partial charge < -0.3 is 10.6 Å². The van der Waals surface area contributed by atoms with Gasteiger partial charge in [-0.15, -0.1) is 11.3 Å². The molecule has 0 saturated carbocycles. The van der Waals surface area contributed by atoms with Gasteiger partial charge in [0.1, 0.15) is 5.82 Å². The largest absolute Gasteiger partial charge is 0.416 e. The summed E-state index contributed by atoms with van der Waals surface area (Å²) in [7, 11) is 0. The Labute approximate surface area is 177 Å². The van der Waals surface area contributed by atoms with Gasteiger partial charge in [-0.3, -0.25) is 9.59 Å². The van der Waals surface area contributed by atoms with E-state index in [0.717, 1.165) is 35.6 Å². The number of halogens is 5. The van der Waals surface area contributed by atoms with Gasteiger partial charge in [0, 0.05) is 5.69 Å². The van der Waals surface area contributed by atoms with Crippen LogP contribution in [0.4, 0.5) is 28.3 Å². The maximum Gasteiger partial charge on any atom is 0.416 e. The highest BCUT2D eigenvalue weighted by molar-refractivity contribution is 7.18. The van der Waals surface area contributed by atoms with Crippen molar-refractivity contribution in [2.45, 2.75) is 13.1 Å². The average Bonchev–Trinajstić information content (AvgIpc) is 3.01. The molecule has 0 spiro atoms. The van der Waals surface area contributed by atoms with Crippen LogP contribution in [0.3, 0.4) is 0 Å². The molecule has 0 radical (unpaired) electrons. The average molecular weight is 457 g/mol. The number of anilines is 2. The van der Waals surface area contributed by atoms with Gasteiger partial charge >= 0.3 is 6.18 Å². The van der Waals surface area contributed by atoms with Crippen LogP contribution in [0.25, 0.3) is 0 Å². The summed E-state index contributed by atoms with van der Waals surface area (Å²) in [5.41, 5.74) is -0.317. The molecule has 0 aliphatic rings. The minimum Gasteiger partial charge on any atom is -0.321 e. The molecule has 2 N–H and O–H groups in total. The number of alkyl halides is 3. The van der Waals surface area contributed by atoms with Crippen LogP contribution >= 0.6 is 22.9 Å². The molecule has 30 heavy (non-hydrogen) atoms. The minimum absolute atomic E-state index is 0.00805. The molecule has 0 fully saturated rings. The van der Waals surface area contributed by atoms with Crippen LogP contribution in [-0.2, 0) is 6.18 Å². The Morgan fingerprint density at radius 1 is 1.00 bits per heavy atom. The van der Waals surface area contributed by atoms with E-state index in [0.29, 0.717) is 10.6 Å². The molecule has 0 aliphatic heterocycles. The van der Waals surface area contributed by atoms with E-state index in [1.807, 2.05) is 0 Å². The minimum atomic E-state index is -4.53. The fraction of sp³-hybridized carbons (Fsp3) is 0.100. The number of nitrogens with one attached hydrogen (secondary N) is 2. The quantitative estimate of drug-likeness (QED) is 0.448. The Bertz CT molecular complexity index is 1130.